The van der Waals surface area contributed by atoms with Crippen LogP contribution in [0.3, 0.4) is 0 Å². The number of ether oxygens (including phenoxy) is 1. The van der Waals surface area contributed by atoms with Gasteiger partial charge in [-0.3, -0.25) is 14.7 Å². The van der Waals surface area contributed by atoms with Gasteiger partial charge in [-0.2, -0.15) is 0 Å². The Morgan fingerprint density at radius 1 is 1.25 bits per heavy atom. The smallest absolute Gasteiger partial charge is 0.255 e. The molecule has 1 aliphatic rings. The Hall–Kier alpha value is -3.36. The van der Waals surface area contributed by atoms with E-state index in [0.717, 1.165) is 34.7 Å². The van der Waals surface area contributed by atoms with Crippen molar-refractivity contribution in [1.82, 2.24) is 19.9 Å². The molecule has 0 radical (unpaired) electrons. The lowest BCUT2D eigenvalue weighted by Crippen LogP contribution is -2.35. The van der Waals surface area contributed by atoms with Crippen molar-refractivity contribution in [2.24, 2.45) is 0 Å². The largest absolute Gasteiger partial charge is 0.496 e. The summed E-state index contributed by atoms with van der Waals surface area (Å²) < 4.78 is 19.0. The maximum Gasteiger partial charge on any atom is 0.255 e. The molecule has 0 atom stereocenters. The number of nitrogens with zero attached hydrogens (tertiary/aromatic N) is 3. The normalized spacial score (nSPS) is 13.7. The molecule has 0 aliphatic carbocycles. The fourth-order valence-electron chi connectivity index (χ4n) is 3.96. The predicted octanol–water partition coefficient (Wildman–Crippen LogP) is 4.27. The summed E-state index contributed by atoms with van der Waals surface area (Å²) in [5.74, 6) is 0.887. The van der Waals surface area contributed by atoms with E-state index in [1.807, 2.05) is 29.6 Å². The van der Waals surface area contributed by atoms with Crippen molar-refractivity contribution in [1.29, 1.82) is 0 Å². The molecule has 1 aliphatic heterocycles. The molecule has 0 spiro atoms. The molecule has 0 unspecified atom stereocenters. The van der Waals surface area contributed by atoms with Crippen LogP contribution in [-0.4, -0.2) is 33.5 Å². The molecule has 32 heavy (non-hydrogen) atoms. The molecule has 0 saturated carbocycles. The predicted molar refractivity (Wildman–Crippen MR) is 122 cm³/mol. The quantitative estimate of drug-likeness (QED) is 0.494. The summed E-state index contributed by atoms with van der Waals surface area (Å²) in [6.45, 7) is 2.02. The van der Waals surface area contributed by atoms with E-state index in [1.165, 1.54) is 12.1 Å². The molecule has 4 heterocycles. The zero-order chi connectivity index (χ0) is 22.1. The number of benzene rings is 1. The van der Waals surface area contributed by atoms with Gasteiger partial charge in [0.15, 0.2) is 5.82 Å². The molecule has 0 saturated heterocycles. The minimum absolute atomic E-state index is 0.0743. The maximum absolute atomic E-state index is 13.7. The van der Waals surface area contributed by atoms with Gasteiger partial charge in [0.25, 0.3) is 5.56 Å². The van der Waals surface area contributed by atoms with Crippen LogP contribution in [0.1, 0.15) is 16.8 Å². The standard InChI is InChI=1S/C24H21FN4O2S/c1-31-21-7-5-16(25)11-17(21)19-6-4-15(12-26-19)13-29-9-8-20-18(14-29)24(30)28-23(27-20)22-3-2-10-32-22/h2-7,10-12H,8-9,13-14H2,1H3,(H,27,28,30). The monoisotopic (exact) mass is 448 g/mol. The summed E-state index contributed by atoms with van der Waals surface area (Å²) in [6, 6.07) is 12.1. The number of aromatic nitrogens is 3. The Kier molecular flexibility index (Phi) is 5.55. The van der Waals surface area contributed by atoms with Crippen molar-refractivity contribution < 1.29 is 9.13 Å². The Morgan fingerprint density at radius 2 is 2.16 bits per heavy atom. The summed E-state index contributed by atoms with van der Waals surface area (Å²) in [4.78, 5) is 28.0. The van der Waals surface area contributed by atoms with Crippen molar-refractivity contribution in [3.05, 3.63) is 87.0 Å². The minimum atomic E-state index is -0.334. The van der Waals surface area contributed by atoms with Crippen molar-refractivity contribution in [3.63, 3.8) is 0 Å². The number of pyridine rings is 1. The summed E-state index contributed by atoms with van der Waals surface area (Å²) >= 11 is 1.56. The third kappa shape index (κ3) is 4.06. The lowest BCUT2D eigenvalue weighted by molar-refractivity contribution is 0.241. The molecule has 0 amide bonds. The van der Waals surface area contributed by atoms with Crippen LogP contribution in [-0.2, 0) is 19.5 Å². The maximum atomic E-state index is 13.7. The Balaban J connectivity index is 1.32. The van der Waals surface area contributed by atoms with Gasteiger partial charge in [0.05, 0.1) is 28.9 Å². The van der Waals surface area contributed by atoms with Gasteiger partial charge in [-0.1, -0.05) is 12.1 Å². The van der Waals surface area contributed by atoms with E-state index in [-0.39, 0.29) is 11.4 Å². The summed E-state index contributed by atoms with van der Waals surface area (Å²) in [7, 11) is 1.55. The topological polar surface area (TPSA) is 71.1 Å². The average Bonchev–Trinajstić information content (AvgIpc) is 3.35. The van der Waals surface area contributed by atoms with Crippen LogP contribution in [0, 0.1) is 5.82 Å². The molecule has 3 aromatic heterocycles. The second-order valence-electron chi connectivity index (χ2n) is 7.67. The number of rotatable bonds is 5. The number of halogens is 1. The van der Waals surface area contributed by atoms with E-state index in [0.29, 0.717) is 35.9 Å². The minimum Gasteiger partial charge on any atom is -0.496 e. The summed E-state index contributed by atoms with van der Waals surface area (Å²) in [5, 5.41) is 1.97. The molecule has 6 nitrogen and oxygen atoms in total. The molecule has 0 fully saturated rings. The van der Waals surface area contributed by atoms with Crippen molar-refractivity contribution >= 4 is 11.3 Å². The molecule has 162 valence electrons. The number of nitrogens with one attached hydrogen (secondary N) is 1. The first-order valence-corrected chi connectivity index (χ1v) is 11.2. The highest BCUT2D eigenvalue weighted by Gasteiger charge is 2.22. The molecule has 5 rings (SSSR count). The van der Waals surface area contributed by atoms with Crippen LogP contribution in [0.25, 0.3) is 22.0 Å². The number of H-pyrrole nitrogens is 1. The Bertz CT molecular complexity index is 1300. The molecule has 8 heteroatoms. The number of thiophene rings is 1. The van der Waals surface area contributed by atoms with Crippen LogP contribution < -0.4 is 10.3 Å². The zero-order valence-electron chi connectivity index (χ0n) is 17.5. The van der Waals surface area contributed by atoms with Gasteiger partial charge >= 0.3 is 0 Å². The van der Waals surface area contributed by atoms with Gasteiger partial charge in [-0.05, 0) is 41.3 Å². The van der Waals surface area contributed by atoms with Crippen molar-refractivity contribution in [2.75, 3.05) is 13.7 Å². The van der Waals surface area contributed by atoms with Gasteiger partial charge in [0, 0.05) is 37.8 Å². The second kappa shape index (κ2) is 8.64. The van der Waals surface area contributed by atoms with E-state index in [4.69, 9.17) is 9.72 Å². The first kappa shape index (κ1) is 20.5. The highest BCUT2D eigenvalue weighted by atomic mass is 32.1. The summed E-state index contributed by atoms with van der Waals surface area (Å²) in [5.41, 5.74) is 3.81. The number of aromatic amines is 1. The van der Waals surface area contributed by atoms with E-state index < -0.39 is 0 Å². The highest BCUT2D eigenvalue weighted by molar-refractivity contribution is 7.13. The fourth-order valence-corrected chi connectivity index (χ4v) is 4.63. The van der Waals surface area contributed by atoms with Crippen molar-refractivity contribution in [2.45, 2.75) is 19.5 Å². The van der Waals surface area contributed by atoms with Gasteiger partial charge in [0.1, 0.15) is 11.6 Å². The third-order valence-electron chi connectivity index (χ3n) is 5.57. The fraction of sp³-hybridized carbons (Fsp3) is 0.208. The average molecular weight is 449 g/mol. The third-order valence-corrected chi connectivity index (χ3v) is 6.45. The Labute approximate surface area is 188 Å². The van der Waals surface area contributed by atoms with E-state index in [1.54, 1.807) is 30.7 Å². The lowest BCUT2D eigenvalue weighted by Gasteiger charge is -2.27. The molecular formula is C24H21FN4O2S. The molecule has 1 N–H and O–H groups in total. The number of hydrogen-bond donors (Lipinski definition) is 1. The van der Waals surface area contributed by atoms with Gasteiger partial charge in [-0.15, -0.1) is 11.3 Å². The molecular weight excluding hydrogens is 427 g/mol. The Morgan fingerprint density at radius 3 is 2.91 bits per heavy atom. The number of methoxy groups -OCH3 is 1. The van der Waals surface area contributed by atoms with E-state index in [9.17, 15) is 9.18 Å². The van der Waals surface area contributed by atoms with Gasteiger partial charge in [-0.25, -0.2) is 9.37 Å². The second-order valence-corrected chi connectivity index (χ2v) is 8.62. The van der Waals surface area contributed by atoms with Gasteiger partial charge in [0.2, 0.25) is 0 Å². The van der Waals surface area contributed by atoms with E-state index >= 15 is 0 Å². The molecule has 1 aromatic carbocycles. The van der Waals surface area contributed by atoms with Crippen LogP contribution in [0.5, 0.6) is 5.75 Å². The first-order chi connectivity index (χ1) is 15.6. The van der Waals surface area contributed by atoms with Crippen LogP contribution in [0.2, 0.25) is 0 Å². The number of fused-ring (bicyclic) bond motifs is 1. The van der Waals surface area contributed by atoms with Gasteiger partial charge < -0.3 is 9.72 Å². The zero-order valence-corrected chi connectivity index (χ0v) is 18.3. The van der Waals surface area contributed by atoms with Crippen LogP contribution in [0.4, 0.5) is 4.39 Å². The van der Waals surface area contributed by atoms with Crippen LogP contribution >= 0.6 is 11.3 Å². The highest BCUT2D eigenvalue weighted by Crippen LogP contribution is 2.29. The van der Waals surface area contributed by atoms with Crippen LogP contribution in [0.15, 0.2) is 58.8 Å². The van der Waals surface area contributed by atoms with Crippen molar-refractivity contribution in [3.8, 4) is 27.7 Å². The lowest BCUT2D eigenvalue weighted by atomic mass is 10.1. The number of hydrogen-bond acceptors (Lipinski definition) is 6. The first-order valence-electron chi connectivity index (χ1n) is 10.3. The molecule has 0 bridgehead atoms. The van der Waals surface area contributed by atoms with E-state index in [2.05, 4.69) is 14.9 Å². The summed E-state index contributed by atoms with van der Waals surface area (Å²) in [6.07, 6.45) is 2.52. The molecule has 4 aromatic rings. The SMILES string of the molecule is COc1ccc(F)cc1-c1ccc(CN2CCc3nc(-c4cccs4)[nH]c(=O)c3C2)cn1.